The van der Waals surface area contributed by atoms with Gasteiger partial charge in [-0.05, 0) is 36.4 Å². The van der Waals surface area contributed by atoms with Crippen LogP contribution in [0.4, 0.5) is 5.69 Å². The molecular formula is C20H13N5O4. The SMILES string of the molecule is O=C(O)C1=C(Nc2ccc3cn[nH]c3c2)O/C(=C\c2c[nH]c3ncccc23)C1=O. The predicted octanol–water partition coefficient (Wildman–Crippen LogP) is 2.79. The molecule has 1 aromatic carbocycles. The highest BCUT2D eigenvalue weighted by Crippen LogP contribution is 2.30. The van der Waals surface area contributed by atoms with E-state index in [0.717, 1.165) is 16.3 Å². The third kappa shape index (κ3) is 2.81. The van der Waals surface area contributed by atoms with Gasteiger partial charge in [0.1, 0.15) is 5.65 Å². The van der Waals surface area contributed by atoms with Gasteiger partial charge in [-0.15, -0.1) is 0 Å². The maximum absolute atomic E-state index is 12.7. The first-order valence-electron chi connectivity index (χ1n) is 8.64. The average molecular weight is 387 g/mol. The van der Waals surface area contributed by atoms with E-state index in [-0.39, 0.29) is 11.6 Å². The van der Waals surface area contributed by atoms with Crippen molar-refractivity contribution in [3.05, 3.63) is 71.7 Å². The van der Waals surface area contributed by atoms with Crippen LogP contribution in [-0.2, 0) is 14.3 Å². The molecule has 0 radical (unpaired) electrons. The molecule has 9 nitrogen and oxygen atoms in total. The summed E-state index contributed by atoms with van der Waals surface area (Å²) >= 11 is 0. The number of Topliss-reactive ketones (excluding diaryl/α,β-unsaturated/α-hetero) is 1. The van der Waals surface area contributed by atoms with Crippen LogP contribution in [0.2, 0.25) is 0 Å². The molecule has 0 unspecified atom stereocenters. The first-order chi connectivity index (χ1) is 14.1. The lowest BCUT2D eigenvalue weighted by molar-refractivity contribution is -0.134. The number of H-pyrrole nitrogens is 2. The number of nitrogens with one attached hydrogen (secondary N) is 3. The number of aliphatic carboxylic acids is 1. The quantitative estimate of drug-likeness (QED) is 0.312. The number of hydrogen-bond acceptors (Lipinski definition) is 6. The first-order valence-corrected chi connectivity index (χ1v) is 8.64. The van der Waals surface area contributed by atoms with Crippen molar-refractivity contribution in [2.75, 3.05) is 5.32 Å². The van der Waals surface area contributed by atoms with E-state index in [9.17, 15) is 14.7 Å². The second kappa shape index (κ2) is 6.34. The lowest BCUT2D eigenvalue weighted by Gasteiger charge is -2.08. The Morgan fingerprint density at radius 3 is 3.03 bits per heavy atom. The van der Waals surface area contributed by atoms with Crippen molar-refractivity contribution in [1.82, 2.24) is 20.2 Å². The fourth-order valence-corrected chi connectivity index (χ4v) is 3.19. The molecule has 0 atom stereocenters. The fourth-order valence-electron chi connectivity index (χ4n) is 3.19. The monoisotopic (exact) mass is 387 g/mol. The molecule has 142 valence electrons. The number of ether oxygens (including phenoxy) is 1. The number of rotatable bonds is 4. The molecule has 0 saturated heterocycles. The molecule has 0 fully saturated rings. The molecule has 4 heterocycles. The summed E-state index contributed by atoms with van der Waals surface area (Å²) in [6, 6.07) is 8.92. The van der Waals surface area contributed by atoms with Crippen molar-refractivity contribution in [3.8, 4) is 0 Å². The van der Waals surface area contributed by atoms with E-state index in [4.69, 9.17) is 4.74 Å². The summed E-state index contributed by atoms with van der Waals surface area (Å²) in [5.41, 5.74) is 2.18. The molecule has 1 aliphatic heterocycles. The van der Waals surface area contributed by atoms with Crippen molar-refractivity contribution in [2.45, 2.75) is 0 Å². The molecule has 0 amide bonds. The number of fused-ring (bicyclic) bond motifs is 2. The summed E-state index contributed by atoms with van der Waals surface area (Å²) in [6.45, 7) is 0. The number of carbonyl (C=O) groups excluding carboxylic acids is 1. The predicted molar refractivity (Wildman–Crippen MR) is 105 cm³/mol. The van der Waals surface area contributed by atoms with Crippen LogP contribution in [0.3, 0.4) is 0 Å². The van der Waals surface area contributed by atoms with E-state index in [2.05, 4.69) is 25.5 Å². The van der Waals surface area contributed by atoms with Crippen LogP contribution in [-0.4, -0.2) is 37.0 Å². The Bertz CT molecular complexity index is 1360. The summed E-state index contributed by atoms with van der Waals surface area (Å²) in [5.74, 6) is -2.30. The number of benzene rings is 1. The highest BCUT2D eigenvalue weighted by molar-refractivity contribution is 6.26. The minimum absolute atomic E-state index is 0.0859. The van der Waals surface area contributed by atoms with Crippen LogP contribution < -0.4 is 5.32 Å². The van der Waals surface area contributed by atoms with E-state index in [1.165, 1.54) is 6.08 Å². The molecule has 5 rings (SSSR count). The van der Waals surface area contributed by atoms with Gasteiger partial charge in [0, 0.05) is 34.4 Å². The van der Waals surface area contributed by atoms with Gasteiger partial charge in [0.15, 0.2) is 11.3 Å². The Kier molecular flexibility index (Phi) is 3.66. The maximum Gasteiger partial charge on any atom is 0.345 e. The highest BCUT2D eigenvalue weighted by Gasteiger charge is 2.36. The fraction of sp³-hybridized carbons (Fsp3) is 0. The van der Waals surface area contributed by atoms with Crippen LogP contribution in [0.15, 0.2) is 66.1 Å². The number of anilines is 1. The summed E-state index contributed by atoms with van der Waals surface area (Å²) in [7, 11) is 0. The highest BCUT2D eigenvalue weighted by atomic mass is 16.5. The molecule has 0 spiro atoms. The van der Waals surface area contributed by atoms with E-state index < -0.39 is 17.3 Å². The van der Waals surface area contributed by atoms with Gasteiger partial charge in [0.25, 0.3) is 0 Å². The van der Waals surface area contributed by atoms with Gasteiger partial charge in [-0.25, -0.2) is 9.78 Å². The number of aromatic amines is 2. The number of aromatic nitrogens is 4. The first kappa shape index (κ1) is 16.8. The number of carboxylic acid groups (broad SMARTS) is 1. The molecule has 1 aliphatic rings. The summed E-state index contributed by atoms with van der Waals surface area (Å²) < 4.78 is 5.61. The zero-order chi connectivity index (χ0) is 20.0. The summed E-state index contributed by atoms with van der Waals surface area (Å²) in [6.07, 6.45) is 6.50. The van der Waals surface area contributed by atoms with Crippen LogP contribution in [0.1, 0.15) is 5.56 Å². The van der Waals surface area contributed by atoms with Gasteiger partial charge < -0.3 is 20.1 Å². The molecule has 0 saturated carbocycles. The van der Waals surface area contributed by atoms with Gasteiger partial charge in [-0.1, -0.05) is 0 Å². The third-order valence-electron chi connectivity index (χ3n) is 4.57. The zero-order valence-corrected chi connectivity index (χ0v) is 14.8. The van der Waals surface area contributed by atoms with Crippen molar-refractivity contribution in [1.29, 1.82) is 0 Å². The number of pyridine rings is 1. The molecular weight excluding hydrogens is 374 g/mol. The van der Waals surface area contributed by atoms with Crippen molar-refractivity contribution >= 4 is 45.5 Å². The Labute approximate surface area is 162 Å². The summed E-state index contributed by atoms with van der Waals surface area (Å²) in [4.78, 5) is 31.5. The van der Waals surface area contributed by atoms with Crippen LogP contribution in [0.5, 0.6) is 0 Å². The number of nitrogens with zero attached hydrogens (tertiary/aromatic N) is 2. The van der Waals surface area contributed by atoms with Crippen LogP contribution in [0, 0.1) is 0 Å². The van der Waals surface area contributed by atoms with Crippen molar-refractivity contribution in [2.24, 2.45) is 0 Å². The van der Waals surface area contributed by atoms with E-state index in [1.807, 2.05) is 12.1 Å². The Morgan fingerprint density at radius 1 is 1.28 bits per heavy atom. The largest absolute Gasteiger partial charge is 0.477 e. The van der Waals surface area contributed by atoms with Crippen molar-refractivity contribution < 1.29 is 19.4 Å². The third-order valence-corrected chi connectivity index (χ3v) is 4.57. The number of carboxylic acids is 1. The molecule has 29 heavy (non-hydrogen) atoms. The van der Waals surface area contributed by atoms with Gasteiger partial charge in [-0.3, -0.25) is 9.89 Å². The molecule has 4 N–H and O–H groups in total. The second-order valence-corrected chi connectivity index (χ2v) is 6.39. The lowest BCUT2D eigenvalue weighted by atomic mass is 10.1. The standard InChI is InChI=1S/C20H13N5O4/c26-17-15(6-11-8-22-18-13(11)2-1-5-21-18)29-19(16(17)20(27)28)24-12-4-3-10-9-23-25-14(10)7-12/h1-9,24H,(H,21,22)(H,23,25)(H,27,28)/b15-6-. The Balaban J connectivity index is 1.50. The minimum atomic E-state index is -1.37. The smallest absolute Gasteiger partial charge is 0.345 e. The van der Waals surface area contributed by atoms with Crippen LogP contribution in [0.25, 0.3) is 28.0 Å². The maximum atomic E-state index is 12.7. The molecule has 3 aromatic heterocycles. The van der Waals surface area contributed by atoms with Crippen molar-refractivity contribution in [3.63, 3.8) is 0 Å². The molecule has 9 heteroatoms. The number of allylic oxidation sites excluding steroid dienone is 1. The zero-order valence-electron chi connectivity index (χ0n) is 14.8. The van der Waals surface area contributed by atoms with Gasteiger partial charge in [-0.2, -0.15) is 5.10 Å². The second-order valence-electron chi connectivity index (χ2n) is 6.39. The number of carbonyl (C=O) groups is 2. The van der Waals surface area contributed by atoms with Gasteiger partial charge in [0.05, 0.1) is 11.7 Å². The van der Waals surface area contributed by atoms with Gasteiger partial charge in [0.2, 0.25) is 11.7 Å². The number of ketones is 1. The Hall–Kier alpha value is -4.40. The number of hydrogen-bond donors (Lipinski definition) is 4. The summed E-state index contributed by atoms with van der Waals surface area (Å²) in [5, 5.41) is 20.9. The van der Waals surface area contributed by atoms with Crippen LogP contribution >= 0.6 is 0 Å². The average Bonchev–Trinajstić information content (AvgIpc) is 3.40. The normalized spacial score (nSPS) is 15.4. The Morgan fingerprint density at radius 2 is 2.17 bits per heavy atom. The van der Waals surface area contributed by atoms with Gasteiger partial charge >= 0.3 is 5.97 Å². The molecule has 4 aromatic rings. The molecule has 0 aliphatic carbocycles. The lowest BCUT2D eigenvalue weighted by Crippen LogP contribution is -2.12. The molecule has 0 bridgehead atoms. The van der Waals surface area contributed by atoms with E-state index in [0.29, 0.717) is 16.9 Å². The topological polar surface area (TPSA) is 133 Å². The van der Waals surface area contributed by atoms with E-state index in [1.54, 1.807) is 36.8 Å². The van der Waals surface area contributed by atoms with E-state index >= 15 is 0 Å². The minimum Gasteiger partial charge on any atom is -0.477 e.